The van der Waals surface area contributed by atoms with Gasteiger partial charge in [0.05, 0.1) is 12.2 Å². The average Bonchev–Trinajstić information content (AvgIpc) is 3.33. The molecule has 4 aromatic carbocycles. The minimum Gasteiger partial charge on any atom is -0.457 e. The fourth-order valence-corrected chi connectivity index (χ4v) is 3.88. The summed E-state index contributed by atoms with van der Waals surface area (Å²) in [5.41, 5.74) is 7.88. The molecule has 34 heavy (non-hydrogen) atoms. The van der Waals surface area contributed by atoms with E-state index < -0.39 is 0 Å². The van der Waals surface area contributed by atoms with Crippen molar-refractivity contribution in [3.8, 4) is 11.5 Å². The van der Waals surface area contributed by atoms with E-state index in [4.69, 9.17) is 16.3 Å². The highest BCUT2D eigenvalue weighted by Gasteiger charge is 2.27. The molecule has 4 aromatic rings. The lowest BCUT2D eigenvalue weighted by Crippen LogP contribution is -2.40. The van der Waals surface area contributed by atoms with Crippen molar-refractivity contribution in [1.29, 1.82) is 0 Å². The molecule has 5 rings (SSSR count). The van der Waals surface area contributed by atoms with Crippen molar-refractivity contribution in [2.45, 2.75) is 0 Å². The van der Waals surface area contributed by atoms with E-state index in [-0.39, 0.29) is 6.03 Å². The van der Waals surface area contributed by atoms with Crippen LogP contribution in [-0.2, 0) is 0 Å². The predicted molar refractivity (Wildman–Crippen MR) is 137 cm³/mol. The molecule has 2 N–H and O–H groups in total. The van der Waals surface area contributed by atoms with Gasteiger partial charge in [0.25, 0.3) is 0 Å². The molecule has 0 saturated carbocycles. The maximum Gasteiger partial charge on any atom is 0.340 e. The molecule has 0 spiro atoms. The second-order valence-corrected chi connectivity index (χ2v) is 8.23. The van der Waals surface area contributed by atoms with Crippen LogP contribution < -0.4 is 15.5 Å². The Kier molecular flexibility index (Phi) is 6.19. The van der Waals surface area contributed by atoms with Crippen LogP contribution in [0.1, 0.15) is 11.1 Å². The number of ether oxygens (including phenoxy) is 1. The Labute approximate surface area is 203 Å². The Morgan fingerprint density at radius 3 is 2.06 bits per heavy atom. The van der Waals surface area contributed by atoms with Gasteiger partial charge in [0, 0.05) is 16.3 Å². The molecule has 1 heterocycles. The van der Waals surface area contributed by atoms with Gasteiger partial charge in [-0.3, -0.25) is 5.43 Å². The molecular weight excluding hydrogens is 446 g/mol. The molecule has 0 aliphatic carbocycles. The summed E-state index contributed by atoms with van der Waals surface area (Å²) >= 11 is 6.08. The molecule has 1 aliphatic heterocycles. The number of nitrogens with zero attached hydrogens (tertiary/aromatic N) is 1. The maximum atomic E-state index is 13.1. The third-order valence-electron chi connectivity index (χ3n) is 5.45. The van der Waals surface area contributed by atoms with E-state index in [9.17, 15) is 4.79 Å². The number of rotatable bonds is 5. The van der Waals surface area contributed by atoms with Gasteiger partial charge in [-0.2, -0.15) is 0 Å². The van der Waals surface area contributed by atoms with E-state index in [1.807, 2.05) is 109 Å². The number of urea groups is 1. The van der Waals surface area contributed by atoms with Gasteiger partial charge in [0.2, 0.25) is 0 Å². The van der Waals surface area contributed by atoms with Crippen LogP contribution in [0.25, 0.3) is 11.3 Å². The second kappa shape index (κ2) is 9.73. The van der Waals surface area contributed by atoms with E-state index in [2.05, 4.69) is 10.7 Å². The summed E-state index contributed by atoms with van der Waals surface area (Å²) in [4.78, 5) is 13.1. The lowest BCUT2D eigenvalue weighted by atomic mass is 10.0. The van der Waals surface area contributed by atoms with Gasteiger partial charge in [-0.1, -0.05) is 72.3 Å². The van der Waals surface area contributed by atoms with E-state index >= 15 is 0 Å². The van der Waals surface area contributed by atoms with Crippen molar-refractivity contribution in [2.75, 3.05) is 11.9 Å². The fraction of sp³-hybridized carbons (Fsp3) is 0.0357. The zero-order chi connectivity index (χ0) is 23.3. The first-order valence-corrected chi connectivity index (χ1v) is 11.3. The largest absolute Gasteiger partial charge is 0.457 e. The summed E-state index contributed by atoms with van der Waals surface area (Å²) in [5.74, 6) is 1.45. The number of anilines is 1. The van der Waals surface area contributed by atoms with Crippen LogP contribution in [0.2, 0.25) is 5.02 Å². The first kappa shape index (κ1) is 21.6. The van der Waals surface area contributed by atoms with E-state index in [0.29, 0.717) is 23.0 Å². The Balaban J connectivity index is 1.30. The van der Waals surface area contributed by atoms with Gasteiger partial charge >= 0.3 is 6.03 Å². The second-order valence-electron chi connectivity index (χ2n) is 7.79. The zero-order valence-corrected chi connectivity index (χ0v) is 19.0. The molecule has 5 nitrogen and oxygen atoms in total. The summed E-state index contributed by atoms with van der Waals surface area (Å²) in [7, 11) is 0. The highest BCUT2D eigenvalue weighted by Crippen LogP contribution is 2.31. The summed E-state index contributed by atoms with van der Waals surface area (Å²) in [6.45, 7) is 0.410. The normalized spacial score (nSPS) is 12.9. The van der Waals surface area contributed by atoms with Crippen molar-refractivity contribution < 1.29 is 9.53 Å². The Bertz CT molecular complexity index is 1310. The monoisotopic (exact) mass is 467 g/mol. The van der Waals surface area contributed by atoms with Crippen molar-refractivity contribution in [3.63, 3.8) is 0 Å². The maximum absolute atomic E-state index is 13.1. The van der Waals surface area contributed by atoms with Crippen LogP contribution >= 0.6 is 11.6 Å². The molecule has 0 unspecified atom stereocenters. The van der Waals surface area contributed by atoms with E-state index in [1.165, 1.54) is 0 Å². The first-order valence-electron chi connectivity index (χ1n) is 10.9. The Morgan fingerprint density at radius 2 is 1.38 bits per heavy atom. The molecule has 1 aliphatic rings. The molecule has 0 fully saturated rings. The molecule has 0 aromatic heterocycles. The number of para-hydroxylation sites is 1. The Morgan fingerprint density at radius 1 is 0.765 bits per heavy atom. The number of benzene rings is 4. The van der Waals surface area contributed by atoms with Crippen molar-refractivity contribution >= 4 is 34.6 Å². The summed E-state index contributed by atoms with van der Waals surface area (Å²) in [5, 5.41) is 5.19. The van der Waals surface area contributed by atoms with Gasteiger partial charge in [0.15, 0.2) is 0 Å². The van der Waals surface area contributed by atoms with Crippen molar-refractivity contribution in [1.82, 2.24) is 10.4 Å². The topological polar surface area (TPSA) is 53.6 Å². The third-order valence-corrected chi connectivity index (χ3v) is 5.70. The summed E-state index contributed by atoms with van der Waals surface area (Å²) in [6, 6.07) is 34.2. The summed E-state index contributed by atoms with van der Waals surface area (Å²) < 4.78 is 5.82. The van der Waals surface area contributed by atoms with Crippen molar-refractivity contribution in [3.05, 3.63) is 125 Å². The number of hydrogen-bond acceptors (Lipinski definition) is 3. The number of nitrogens with one attached hydrogen (secondary N) is 2. The lowest BCUT2D eigenvalue weighted by molar-refractivity contribution is 0.210. The van der Waals surface area contributed by atoms with Crippen LogP contribution in [0.15, 0.2) is 109 Å². The molecule has 0 bridgehead atoms. The van der Waals surface area contributed by atoms with Gasteiger partial charge < -0.3 is 10.1 Å². The number of hydrazine groups is 1. The number of amides is 2. The van der Waals surface area contributed by atoms with Crippen LogP contribution in [0.3, 0.4) is 0 Å². The van der Waals surface area contributed by atoms with E-state index in [1.54, 1.807) is 5.01 Å². The quantitative estimate of drug-likeness (QED) is 0.330. The highest BCUT2D eigenvalue weighted by molar-refractivity contribution is 6.30. The molecule has 0 radical (unpaired) electrons. The number of carbonyl (C=O) groups excluding carboxylic acids is 1. The average molecular weight is 468 g/mol. The van der Waals surface area contributed by atoms with Crippen LogP contribution in [0.4, 0.5) is 10.5 Å². The minimum atomic E-state index is -0.255. The number of halogens is 1. The molecule has 168 valence electrons. The van der Waals surface area contributed by atoms with Crippen LogP contribution in [0, 0.1) is 0 Å². The molecule has 6 heteroatoms. The fourth-order valence-electron chi connectivity index (χ4n) is 3.75. The molecule has 2 amide bonds. The SMILES string of the molecule is O=C(Nc1ccc(Oc2ccccc2)cc1)N1CC(c2ccc(Cl)cc2)=C(c2ccccc2)N1. The lowest BCUT2D eigenvalue weighted by Gasteiger charge is -2.19. The van der Waals surface area contributed by atoms with Gasteiger partial charge in [0.1, 0.15) is 11.5 Å². The van der Waals surface area contributed by atoms with E-state index in [0.717, 1.165) is 28.1 Å². The Hall–Kier alpha value is -4.22. The molecular formula is C28H22ClN3O2. The number of hydrogen-bond donors (Lipinski definition) is 2. The van der Waals surface area contributed by atoms with Gasteiger partial charge in [-0.05, 0) is 59.7 Å². The third kappa shape index (κ3) is 4.90. The first-order chi connectivity index (χ1) is 16.7. The van der Waals surface area contributed by atoms with Crippen molar-refractivity contribution in [2.24, 2.45) is 0 Å². The summed E-state index contributed by atoms with van der Waals surface area (Å²) in [6.07, 6.45) is 0. The smallest absolute Gasteiger partial charge is 0.340 e. The standard InChI is InChI=1S/C28H22ClN3O2/c29-22-13-11-20(12-14-22)26-19-32(31-27(26)21-7-3-1-4-8-21)28(33)30-23-15-17-25(18-16-23)34-24-9-5-2-6-10-24/h1-18,31H,19H2,(H,30,33). The van der Waals surface area contributed by atoms with Crippen LogP contribution in [0.5, 0.6) is 11.5 Å². The molecule has 0 atom stereocenters. The van der Waals surface area contributed by atoms with Gasteiger partial charge in [-0.25, -0.2) is 9.80 Å². The number of carbonyl (C=O) groups is 1. The molecule has 0 saturated heterocycles. The minimum absolute atomic E-state index is 0.255. The highest BCUT2D eigenvalue weighted by atomic mass is 35.5. The van der Waals surface area contributed by atoms with Crippen LogP contribution in [-0.4, -0.2) is 17.6 Å². The predicted octanol–water partition coefficient (Wildman–Crippen LogP) is 7.05. The van der Waals surface area contributed by atoms with Gasteiger partial charge in [-0.15, -0.1) is 0 Å². The zero-order valence-electron chi connectivity index (χ0n) is 18.2.